The van der Waals surface area contributed by atoms with Crippen LogP contribution in [0.3, 0.4) is 0 Å². The summed E-state index contributed by atoms with van der Waals surface area (Å²) >= 11 is 3.48. The summed E-state index contributed by atoms with van der Waals surface area (Å²) in [6, 6.07) is 3.07. The van der Waals surface area contributed by atoms with E-state index in [9.17, 15) is 9.59 Å². The zero-order valence-electron chi connectivity index (χ0n) is 27.6. The molecule has 3 aliphatic rings. The van der Waals surface area contributed by atoms with Crippen molar-refractivity contribution in [3.63, 3.8) is 0 Å². The Morgan fingerprint density at radius 3 is 2.35 bits per heavy atom. The lowest BCUT2D eigenvalue weighted by Crippen LogP contribution is -2.44. The Morgan fingerprint density at radius 2 is 1.71 bits per heavy atom. The summed E-state index contributed by atoms with van der Waals surface area (Å²) in [6.07, 6.45) is 1.18. The van der Waals surface area contributed by atoms with Gasteiger partial charge in [-0.1, -0.05) is 34.1 Å². The van der Waals surface area contributed by atoms with E-state index in [-0.39, 0.29) is 49.3 Å². The number of aromatic nitrogens is 2. The van der Waals surface area contributed by atoms with Crippen LogP contribution in [0, 0.1) is 11.7 Å². The Hall–Kier alpha value is -3.01. The Morgan fingerprint density at radius 1 is 1.04 bits per heavy atom. The van der Waals surface area contributed by atoms with Gasteiger partial charge in [0.05, 0.1) is 36.1 Å². The molecule has 3 saturated heterocycles. The molecule has 0 saturated carbocycles. The third-order valence-corrected chi connectivity index (χ3v) is 9.53. The highest BCUT2D eigenvalue weighted by molar-refractivity contribution is 9.09. The van der Waals surface area contributed by atoms with Crippen LogP contribution in [0.25, 0.3) is 0 Å². The van der Waals surface area contributed by atoms with Gasteiger partial charge in [0.25, 0.3) is 5.92 Å². The maximum absolute atomic E-state index is 16.0. The second kappa shape index (κ2) is 15.3. The average molecular weight is 743 g/mol. The third kappa shape index (κ3) is 8.40. The van der Waals surface area contributed by atoms with E-state index in [2.05, 4.69) is 36.5 Å². The molecule has 4 heterocycles. The van der Waals surface area contributed by atoms with Gasteiger partial charge in [0, 0.05) is 43.8 Å². The predicted molar refractivity (Wildman–Crippen MR) is 173 cm³/mol. The fraction of sp³-hybridized carbons (Fsp3) is 0.636. The molecule has 48 heavy (non-hydrogen) atoms. The minimum absolute atomic E-state index is 0.00499. The molecule has 5 rings (SSSR count). The van der Waals surface area contributed by atoms with Gasteiger partial charge in [0.2, 0.25) is 5.91 Å². The highest BCUT2D eigenvalue weighted by atomic mass is 79.9. The van der Waals surface area contributed by atoms with Gasteiger partial charge in [-0.3, -0.25) is 4.79 Å². The monoisotopic (exact) mass is 741 g/mol. The summed E-state index contributed by atoms with van der Waals surface area (Å²) in [5, 5.41) is 6.15. The molecule has 1 unspecified atom stereocenters. The fourth-order valence-electron chi connectivity index (χ4n) is 6.12. The Bertz CT molecular complexity index is 1440. The van der Waals surface area contributed by atoms with Crippen LogP contribution in [0.5, 0.6) is 0 Å². The van der Waals surface area contributed by atoms with Gasteiger partial charge in [-0.05, 0) is 53.4 Å². The van der Waals surface area contributed by atoms with Crippen molar-refractivity contribution in [2.24, 2.45) is 5.92 Å². The van der Waals surface area contributed by atoms with Crippen LogP contribution < -0.4 is 10.6 Å². The van der Waals surface area contributed by atoms with Crippen molar-refractivity contribution in [1.82, 2.24) is 20.2 Å². The molecule has 2 amide bonds. The number of halogens is 4. The first-order chi connectivity index (χ1) is 22.8. The topological polar surface area (TPSA) is 124 Å². The van der Waals surface area contributed by atoms with Crippen molar-refractivity contribution in [2.75, 3.05) is 44.8 Å². The van der Waals surface area contributed by atoms with Crippen LogP contribution >= 0.6 is 15.9 Å². The summed E-state index contributed by atoms with van der Waals surface area (Å²) in [5.74, 6) is -5.78. The number of likely N-dealkylation sites (tertiary alicyclic amines) is 1. The average Bonchev–Trinajstić information content (AvgIpc) is 3.59. The number of carbonyl (C=O) groups is 2. The van der Waals surface area contributed by atoms with E-state index in [0.717, 1.165) is 6.07 Å². The number of anilines is 1. The van der Waals surface area contributed by atoms with Crippen molar-refractivity contribution in [3.05, 3.63) is 52.7 Å². The highest BCUT2D eigenvalue weighted by Crippen LogP contribution is 2.44. The summed E-state index contributed by atoms with van der Waals surface area (Å²) in [6.45, 7) is 8.74. The minimum atomic E-state index is -3.49. The Kier molecular flexibility index (Phi) is 11.5. The number of hydrogen-bond acceptors (Lipinski definition) is 9. The van der Waals surface area contributed by atoms with Gasteiger partial charge in [-0.2, -0.15) is 0 Å². The third-order valence-electron chi connectivity index (χ3n) is 8.68. The number of alkyl halides is 3. The molecule has 2 N–H and O–H groups in total. The predicted octanol–water partition coefficient (Wildman–Crippen LogP) is 6.30. The van der Waals surface area contributed by atoms with E-state index in [1.165, 1.54) is 23.4 Å². The lowest BCUT2D eigenvalue weighted by atomic mass is 9.85. The molecule has 2 atom stereocenters. The lowest BCUT2D eigenvalue weighted by Gasteiger charge is -2.37. The van der Waals surface area contributed by atoms with Crippen molar-refractivity contribution >= 4 is 33.7 Å². The summed E-state index contributed by atoms with van der Waals surface area (Å²) in [7, 11) is 0. The van der Waals surface area contributed by atoms with Gasteiger partial charge >= 0.3 is 6.09 Å². The zero-order chi connectivity index (χ0) is 34.6. The molecule has 15 heteroatoms. The van der Waals surface area contributed by atoms with E-state index >= 15 is 13.2 Å². The first-order valence-electron chi connectivity index (χ1n) is 16.3. The number of carbonyl (C=O) groups excluding carboxylic acids is 2. The van der Waals surface area contributed by atoms with Crippen LogP contribution in [-0.2, 0) is 29.7 Å². The molecular formula is C33H43BrF3N5O6. The molecule has 3 aliphatic heterocycles. The van der Waals surface area contributed by atoms with Crippen molar-refractivity contribution < 1.29 is 41.7 Å². The fourth-order valence-corrected chi connectivity index (χ4v) is 6.62. The number of rotatable bonds is 9. The van der Waals surface area contributed by atoms with E-state index in [1.54, 1.807) is 27.7 Å². The first kappa shape index (κ1) is 36.3. The number of piperidine rings is 1. The molecule has 11 nitrogen and oxygen atoms in total. The van der Waals surface area contributed by atoms with Gasteiger partial charge in [0.1, 0.15) is 28.4 Å². The maximum Gasteiger partial charge on any atom is 0.410 e. The number of nitrogens with one attached hydrogen (secondary N) is 2. The molecule has 264 valence electrons. The van der Waals surface area contributed by atoms with Crippen molar-refractivity contribution in [3.8, 4) is 0 Å². The minimum Gasteiger partial charge on any atom is -0.444 e. The largest absolute Gasteiger partial charge is 0.444 e. The van der Waals surface area contributed by atoms with Gasteiger partial charge in [0.15, 0.2) is 6.29 Å². The molecule has 0 bridgehead atoms. The molecule has 0 radical (unpaired) electrons. The lowest BCUT2D eigenvalue weighted by molar-refractivity contribution is -0.122. The molecule has 1 aromatic heterocycles. The SMILES string of the molecule is C[C@@H](Nc1ncnc(C(Br)C(=O)NC2CCOCC2)c1C1OCCO1)c1cccc(C(F)(F)C2CCN(C(=O)OC(C)(C)C)CC2)c1F. The molecule has 2 aromatic rings. The summed E-state index contributed by atoms with van der Waals surface area (Å²) < 4.78 is 70.2. The Balaban J connectivity index is 1.34. The standard InChI is InChI=1S/C33H43BrF3N5O6/c1-19(22-6-5-7-23(26(22)35)33(36,37)20-8-12-42(13-9-20)31(44)48-32(2,3)4)40-28-24(30-46-16-17-47-30)27(38-18-39-28)25(34)29(43)41-21-10-14-45-15-11-21/h5-7,18-21,25,30H,8-17H2,1-4H3,(H,41,43)(H,38,39,40)/t19-,25?/m1/s1. The molecule has 0 spiro atoms. The molecular weight excluding hydrogens is 699 g/mol. The quantitative estimate of drug-likeness (QED) is 0.285. The van der Waals surface area contributed by atoms with E-state index in [0.29, 0.717) is 50.5 Å². The van der Waals surface area contributed by atoms with E-state index < -0.39 is 52.1 Å². The van der Waals surface area contributed by atoms with Crippen molar-refractivity contribution in [1.29, 1.82) is 0 Å². The summed E-state index contributed by atoms with van der Waals surface area (Å²) in [5.41, 5.74) is -0.752. The maximum atomic E-state index is 16.0. The normalized spacial score (nSPS) is 20.0. The van der Waals surface area contributed by atoms with Crippen LogP contribution in [0.1, 0.15) is 92.9 Å². The molecule has 0 aliphatic carbocycles. The first-order valence-corrected chi connectivity index (χ1v) is 17.2. The summed E-state index contributed by atoms with van der Waals surface area (Å²) in [4.78, 5) is 34.9. The second-order valence-electron chi connectivity index (χ2n) is 13.3. The van der Waals surface area contributed by atoms with Crippen LogP contribution in [0.15, 0.2) is 24.5 Å². The van der Waals surface area contributed by atoms with Crippen LogP contribution in [0.2, 0.25) is 0 Å². The Labute approximate surface area is 286 Å². The number of ether oxygens (including phenoxy) is 4. The highest BCUT2D eigenvalue weighted by Gasteiger charge is 2.46. The van der Waals surface area contributed by atoms with Crippen molar-refractivity contribution in [2.45, 2.75) is 88.1 Å². The number of benzene rings is 1. The van der Waals surface area contributed by atoms with Gasteiger partial charge < -0.3 is 34.5 Å². The van der Waals surface area contributed by atoms with Gasteiger partial charge in [-0.15, -0.1) is 0 Å². The molecule has 3 fully saturated rings. The van der Waals surface area contributed by atoms with E-state index in [4.69, 9.17) is 18.9 Å². The second-order valence-corrected chi connectivity index (χ2v) is 14.2. The number of hydrogen-bond donors (Lipinski definition) is 2. The van der Waals surface area contributed by atoms with Crippen LogP contribution in [0.4, 0.5) is 23.8 Å². The number of nitrogens with zero attached hydrogens (tertiary/aromatic N) is 3. The van der Waals surface area contributed by atoms with Gasteiger partial charge in [-0.25, -0.2) is 27.9 Å². The van der Waals surface area contributed by atoms with E-state index in [1.807, 2.05) is 0 Å². The zero-order valence-corrected chi connectivity index (χ0v) is 29.2. The molecule has 1 aromatic carbocycles. The number of amides is 2. The van der Waals surface area contributed by atoms with Crippen LogP contribution in [-0.4, -0.2) is 78.0 Å². The smallest absolute Gasteiger partial charge is 0.410 e.